The lowest BCUT2D eigenvalue weighted by Gasteiger charge is -1.99. The molecule has 1 aromatic heterocycles. The van der Waals surface area contributed by atoms with Crippen molar-refractivity contribution in [1.29, 1.82) is 0 Å². The van der Waals surface area contributed by atoms with Gasteiger partial charge in [0, 0.05) is 0 Å². The molecule has 0 unspecified atom stereocenters. The van der Waals surface area contributed by atoms with Crippen LogP contribution in [0.25, 0.3) is 6.08 Å². The SMILES string of the molecule is Cn1c([N+](=O)[O-])cnc1/C=C1\Oc2c(Cl)cccc2C1=O. The summed E-state index contributed by atoms with van der Waals surface area (Å²) in [5.41, 5.74) is 0.359. The van der Waals surface area contributed by atoms with Gasteiger partial charge >= 0.3 is 5.82 Å². The number of benzene rings is 1. The minimum Gasteiger partial charge on any atom is -0.451 e. The maximum absolute atomic E-state index is 12.2. The zero-order chi connectivity index (χ0) is 15.1. The fraction of sp³-hybridized carbons (Fsp3) is 0.0769. The van der Waals surface area contributed by atoms with E-state index in [1.807, 2.05) is 0 Å². The highest BCUT2D eigenvalue weighted by Gasteiger charge is 2.30. The molecule has 21 heavy (non-hydrogen) atoms. The van der Waals surface area contributed by atoms with E-state index >= 15 is 0 Å². The van der Waals surface area contributed by atoms with Gasteiger partial charge in [0.15, 0.2) is 11.5 Å². The fourth-order valence-electron chi connectivity index (χ4n) is 2.01. The van der Waals surface area contributed by atoms with E-state index in [1.165, 1.54) is 17.7 Å². The van der Waals surface area contributed by atoms with Crippen molar-refractivity contribution in [3.05, 3.63) is 56.7 Å². The molecule has 0 amide bonds. The smallest absolute Gasteiger partial charge is 0.342 e. The zero-order valence-electron chi connectivity index (χ0n) is 10.7. The summed E-state index contributed by atoms with van der Waals surface area (Å²) < 4.78 is 6.69. The standard InChI is InChI=1S/C13H8ClN3O4/c1-16-10(15-6-11(16)17(19)20)5-9-12(18)7-3-2-4-8(14)13(7)21-9/h2-6H,1H3/b9-5-. The van der Waals surface area contributed by atoms with Gasteiger partial charge in [-0.05, 0) is 17.1 Å². The number of ketones is 1. The molecular formula is C13H8ClN3O4. The van der Waals surface area contributed by atoms with Gasteiger partial charge in [0.1, 0.15) is 6.20 Å². The number of hydrogen-bond acceptors (Lipinski definition) is 5. The van der Waals surface area contributed by atoms with Crippen LogP contribution in [-0.2, 0) is 7.05 Å². The van der Waals surface area contributed by atoms with Crippen LogP contribution < -0.4 is 4.74 Å². The highest BCUT2D eigenvalue weighted by molar-refractivity contribution is 6.33. The zero-order valence-corrected chi connectivity index (χ0v) is 11.5. The van der Waals surface area contributed by atoms with E-state index < -0.39 is 4.92 Å². The summed E-state index contributed by atoms with van der Waals surface area (Å²) in [6.07, 6.45) is 2.47. The predicted molar refractivity (Wildman–Crippen MR) is 74.2 cm³/mol. The van der Waals surface area contributed by atoms with E-state index in [1.54, 1.807) is 18.2 Å². The number of nitrogens with zero attached hydrogens (tertiary/aromatic N) is 3. The highest BCUT2D eigenvalue weighted by atomic mass is 35.5. The number of carbonyl (C=O) groups is 1. The summed E-state index contributed by atoms with van der Waals surface area (Å²) in [6, 6.07) is 4.87. The van der Waals surface area contributed by atoms with Crippen molar-refractivity contribution in [2.75, 3.05) is 0 Å². The summed E-state index contributed by atoms with van der Waals surface area (Å²) in [6.45, 7) is 0. The lowest BCUT2D eigenvalue weighted by Crippen LogP contribution is -2.02. The molecule has 106 valence electrons. The second-order valence-corrected chi connectivity index (χ2v) is 4.75. The van der Waals surface area contributed by atoms with Crippen molar-refractivity contribution in [2.24, 2.45) is 7.05 Å². The largest absolute Gasteiger partial charge is 0.451 e. The van der Waals surface area contributed by atoms with Crippen LogP contribution >= 0.6 is 11.6 Å². The third-order valence-corrected chi connectivity index (χ3v) is 3.39. The first kappa shape index (κ1) is 13.3. The average molecular weight is 306 g/mol. The Bertz CT molecular complexity index is 810. The van der Waals surface area contributed by atoms with Crippen molar-refractivity contribution in [3.63, 3.8) is 0 Å². The van der Waals surface area contributed by atoms with Gasteiger partial charge < -0.3 is 14.9 Å². The summed E-state index contributed by atoms with van der Waals surface area (Å²) in [7, 11) is 1.48. The van der Waals surface area contributed by atoms with Crippen LogP contribution in [0.4, 0.5) is 5.82 Å². The van der Waals surface area contributed by atoms with Gasteiger partial charge in [0.05, 0.1) is 23.7 Å². The van der Waals surface area contributed by atoms with E-state index in [9.17, 15) is 14.9 Å². The molecule has 1 aromatic carbocycles. The van der Waals surface area contributed by atoms with Crippen molar-refractivity contribution < 1.29 is 14.5 Å². The van der Waals surface area contributed by atoms with Crippen molar-refractivity contribution in [1.82, 2.24) is 9.55 Å². The van der Waals surface area contributed by atoms with Gasteiger partial charge in [-0.1, -0.05) is 17.7 Å². The molecule has 2 heterocycles. The molecule has 0 N–H and O–H groups in total. The van der Waals surface area contributed by atoms with Gasteiger partial charge in [-0.2, -0.15) is 0 Å². The average Bonchev–Trinajstić information content (AvgIpc) is 2.95. The molecule has 0 spiro atoms. The first-order valence-corrected chi connectivity index (χ1v) is 6.25. The van der Waals surface area contributed by atoms with E-state index in [0.29, 0.717) is 16.3 Å². The third kappa shape index (κ3) is 2.07. The topological polar surface area (TPSA) is 87.3 Å². The van der Waals surface area contributed by atoms with Gasteiger partial charge in [0.2, 0.25) is 11.6 Å². The first-order chi connectivity index (χ1) is 9.99. The second-order valence-electron chi connectivity index (χ2n) is 4.35. The van der Waals surface area contributed by atoms with Crippen LogP contribution in [0.1, 0.15) is 16.2 Å². The first-order valence-electron chi connectivity index (χ1n) is 5.88. The number of imidazole rings is 1. The number of para-hydroxylation sites is 1. The van der Waals surface area contributed by atoms with Crippen LogP contribution in [0.3, 0.4) is 0 Å². The molecule has 1 aliphatic rings. The summed E-state index contributed by atoms with van der Waals surface area (Å²) in [5, 5.41) is 11.1. The molecule has 8 heteroatoms. The number of ether oxygens (including phenoxy) is 1. The van der Waals surface area contributed by atoms with Gasteiger partial charge in [-0.3, -0.25) is 4.79 Å². The number of aromatic nitrogens is 2. The van der Waals surface area contributed by atoms with Crippen LogP contribution in [-0.4, -0.2) is 20.3 Å². The summed E-state index contributed by atoms with van der Waals surface area (Å²) >= 11 is 5.97. The molecule has 0 atom stereocenters. The number of allylic oxidation sites excluding steroid dienone is 1. The van der Waals surface area contributed by atoms with E-state index in [4.69, 9.17) is 16.3 Å². The molecule has 1 aliphatic heterocycles. The number of halogens is 1. The number of rotatable bonds is 2. The number of hydrogen-bond donors (Lipinski definition) is 0. The normalized spacial score (nSPS) is 15.1. The Hall–Kier alpha value is -2.67. The number of carbonyl (C=O) groups excluding carboxylic acids is 1. The minimum absolute atomic E-state index is 0.0293. The molecule has 7 nitrogen and oxygen atoms in total. The van der Waals surface area contributed by atoms with Crippen molar-refractivity contribution >= 4 is 29.3 Å². The Balaban J connectivity index is 2.02. The lowest BCUT2D eigenvalue weighted by atomic mass is 10.1. The van der Waals surface area contributed by atoms with Crippen molar-refractivity contribution in [2.45, 2.75) is 0 Å². The van der Waals surface area contributed by atoms with Crippen LogP contribution in [0.5, 0.6) is 5.75 Å². The maximum Gasteiger partial charge on any atom is 0.342 e. The minimum atomic E-state index is -0.558. The number of nitro groups is 1. The molecule has 0 saturated carbocycles. The summed E-state index contributed by atoms with van der Waals surface area (Å²) in [5.74, 6) is 0.0517. The van der Waals surface area contributed by atoms with E-state index in [0.717, 1.165) is 6.20 Å². The Kier molecular flexibility index (Phi) is 2.99. The van der Waals surface area contributed by atoms with Crippen LogP contribution in [0, 0.1) is 10.1 Å². The van der Waals surface area contributed by atoms with Crippen molar-refractivity contribution in [3.8, 4) is 5.75 Å². The molecule has 0 fully saturated rings. The lowest BCUT2D eigenvalue weighted by molar-refractivity contribution is -0.391. The molecule has 3 rings (SSSR count). The van der Waals surface area contributed by atoms with Gasteiger partial charge in [0.25, 0.3) is 0 Å². The van der Waals surface area contributed by atoms with E-state index in [-0.39, 0.29) is 23.2 Å². The molecular weight excluding hydrogens is 298 g/mol. The van der Waals surface area contributed by atoms with Gasteiger partial charge in [-0.15, -0.1) is 0 Å². The van der Waals surface area contributed by atoms with Crippen LogP contribution in [0.15, 0.2) is 30.2 Å². The quantitative estimate of drug-likeness (QED) is 0.483. The third-order valence-electron chi connectivity index (χ3n) is 3.09. The van der Waals surface area contributed by atoms with Gasteiger partial charge in [-0.25, -0.2) is 9.55 Å². The number of fused-ring (bicyclic) bond motifs is 1. The molecule has 0 radical (unpaired) electrons. The monoisotopic (exact) mass is 305 g/mol. The fourth-order valence-corrected chi connectivity index (χ4v) is 2.22. The van der Waals surface area contributed by atoms with E-state index in [2.05, 4.69) is 4.98 Å². The second kappa shape index (κ2) is 4.71. The Morgan fingerprint density at radius 3 is 2.86 bits per heavy atom. The molecule has 2 aromatic rings. The summed E-state index contributed by atoms with van der Waals surface area (Å²) in [4.78, 5) is 26.3. The Morgan fingerprint density at radius 2 is 2.24 bits per heavy atom. The molecule has 0 bridgehead atoms. The maximum atomic E-state index is 12.2. The predicted octanol–water partition coefficient (Wildman–Crippen LogP) is 2.60. The Morgan fingerprint density at radius 1 is 1.48 bits per heavy atom. The molecule has 0 saturated heterocycles. The molecule has 0 aliphatic carbocycles. The van der Waals surface area contributed by atoms with Crippen LogP contribution in [0.2, 0.25) is 5.02 Å². The highest BCUT2D eigenvalue weighted by Crippen LogP contribution is 2.37. The number of Topliss-reactive ketones (excluding diaryl/α,β-unsaturated/α-hetero) is 1. The Labute approximate surface area is 123 Å².